The molecule has 33 heavy (non-hydrogen) atoms. The highest BCUT2D eigenvalue weighted by Gasteiger charge is 2.34. The second-order valence-corrected chi connectivity index (χ2v) is 8.55. The molecule has 2 N–H and O–H groups in total. The van der Waals surface area contributed by atoms with Gasteiger partial charge in [-0.15, -0.1) is 11.3 Å². The highest BCUT2D eigenvalue weighted by molar-refractivity contribution is 7.10. The number of esters is 2. The van der Waals surface area contributed by atoms with E-state index < -0.39 is 24.0 Å². The Morgan fingerprint density at radius 1 is 1.12 bits per heavy atom. The Morgan fingerprint density at radius 3 is 2.67 bits per heavy atom. The number of rotatable bonds is 6. The first-order valence-electron chi connectivity index (χ1n) is 10.4. The predicted molar refractivity (Wildman–Crippen MR) is 124 cm³/mol. The number of pyridine rings is 1. The molecule has 0 saturated heterocycles. The molecule has 1 aliphatic heterocycles. The van der Waals surface area contributed by atoms with Crippen molar-refractivity contribution in [1.82, 2.24) is 15.6 Å². The third-order valence-corrected chi connectivity index (χ3v) is 6.07. The first-order chi connectivity index (χ1) is 15.9. The van der Waals surface area contributed by atoms with Gasteiger partial charge in [-0.3, -0.25) is 4.98 Å². The molecule has 4 rings (SSSR count). The molecule has 0 bridgehead atoms. The first kappa shape index (κ1) is 22.5. The molecule has 2 amide bonds. The normalized spacial score (nSPS) is 15.7. The molecule has 0 unspecified atom stereocenters. The predicted octanol–water partition coefficient (Wildman–Crippen LogP) is 3.94. The number of hydrogen-bond donors (Lipinski definition) is 2. The Labute approximate surface area is 194 Å². The minimum absolute atomic E-state index is 0.169. The number of aryl methyl sites for hydroxylation is 2. The number of thiophene rings is 1. The van der Waals surface area contributed by atoms with Crippen molar-refractivity contribution in [2.45, 2.75) is 26.8 Å². The number of benzene rings is 1. The number of ether oxygens (including phenoxy) is 2. The van der Waals surface area contributed by atoms with E-state index in [9.17, 15) is 14.4 Å². The van der Waals surface area contributed by atoms with Crippen LogP contribution in [-0.4, -0.2) is 36.2 Å². The molecule has 2 aromatic heterocycles. The highest BCUT2D eigenvalue weighted by atomic mass is 32.1. The van der Waals surface area contributed by atoms with E-state index in [-0.39, 0.29) is 24.5 Å². The summed E-state index contributed by atoms with van der Waals surface area (Å²) in [7, 11) is 0. The molecule has 0 saturated carbocycles. The van der Waals surface area contributed by atoms with Crippen molar-refractivity contribution >= 4 is 40.2 Å². The Balaban J connectivity index is 1.67. The van der Waals surface area contributed by atoms with Gasteiger partial charge in [0.15, 0.2) is 0 Å². The van der Waals surface area contributed by atoms with E-state index in [1.165, 1.54) is 11.3 Å². The second kappa shape index (κ2) is 9.41. The standard InChI is InChI=1S/C24H23N3O5S/c1-4-31-23(29)20-18(26-24(30)27-21(20)19-6-5-9-33-19)12-32-22(28)16-11-14(3)25-17-8-7-13(2)10-15(16)17/h5-11,21H,4,12H2,1-3H3,(H2,26,27,30)/t21-/m1/s1. The van der Waals surface area contributed by atoms with Crippen LogP contribution in [0.15, 0.2) is 53.0 Å². The summed E-state index contributed by atoms with van der Waals surface area (Å²) in [6.45, 7) is 5.31. The van der Waals surface area contributed by atoms with Crippen LogP contribution in [0.25, 0.3) is 10.9 Å². The number of amides is 2. The lowest BCUT2D eigenvalue weighted by molar-refractivity contribution is -0.139. The number of fused-ring (bicyclic) bond motifs is 1. The van der Waals surface area contributed by atoms with E-state index in [1.54, 1.807) is 19.9 Å². The van der Waals surface area contributed by atoms with Crippen LogP contribution in [0.3, 0.4) is 0 Å². The van der Waals surface area contributed by atoms with Crippen molar-refractivity contribution in [2.24, 2.45) is 0 Å². The smallest absolute Gasteiger partial charge is 0.339 e. The molecule has 8 nitrogen and oxygen atoms in total. The zero-order valence-corrected chi connectivity index (χ0v) is 19.2. The van der Waals surface area contributed by atoms with Crippen LogP contribution in [0.4, 0.5) is 4.79 Å². The average Bonchev–Trinajstić information content (AvgIpc) is 3.31. The molecule has 1 aliphatic rings. The molecule has 3 heterocycles. The average molecular weight is 466 g/mol. The molecule has 170 valence electrons. The van der Waals surface area contributed by atoms with E-state index in [0.717, 1.165) is 10.4 Å². The monoisotopic (exact) mass is 465 g/mol. The van der Waals surface area contributed by atoms with E-state index in [2.05, 4.69) is 15.6 Å². The quantitative estimate of drug-likeness (QED) is 0.534. The maximum Gasteiger partial charge on any atom is 0.339 e. The lowest BCUT2D eigenvalue weighted by Crippen LogP contribution is -2.46. The summed E-state index contributed by atoms with van der Waals surface area (Å²) in [6.07, 6.45) is 0. The van der Waals surface area contributed by atoms with Gasteiger partial charge in [0.25, 0.3) is 0 Å². The topological polar surface area (TPSA) is 107 Å². The minimum atomic E-state index is -0.696. The number of carbonyl (C=O) groups is 3. The SMILES string of the molecule is CCOC(=O)C1=C(COC(=O)c2cc(C)nc3ccc(C)cc23)NC(=O)N[C@@H]1c1cccs1. The summed E-state index contributed by atoms with van der Waals surface area (Å²) in [5, 5.41) is 7.88. The summed E-state index contributed by atoms with van der Waals surface area (Å²) in [4.78, 5) is 43.4. The van der Waals surface area contributed by atoms with Crippen molar-refractivity contribution in [2.75, 3.05) is 13.2 Å². The Hall–Kier alpha value is -3.72. The number of hydrogen-bond acceptors (Lipinski definition) is 7. The molecule has 1 atom stereocenters. The van der Waals surface area contributed by atoms with Crippen LogP contribution in [0.1, 0.15) is 39.5 Å². The number of carbonyl (C=O) groups excluding carboxylic acids is 3. The van der Waals surface area contributed by atoms with Gasteiger partial charge in [0.2, 0.25) is 0 Å². The lowest BCUT2D eigenvalue weighted by atomic mass is 10.0. The summed E-state index contributed by atoms with van der Waals surface area (Å²) < 4.78 is 10.8. The van der Waals surface area contributed by atoms with Gasteiger partial charge < -0.3 is 20.1 Å². The summed E-state index contributed by atoms with van der Waals surface area (Å²) >= 11 is 1.40. The first-order valence-corrected chi connectivity index (χ1v) is 11.3. The van der Waals surface area contributed by atoms with Crippen molar-refractivity contribution in [3.8, 4) is 0 Å². The van der Waals surface area contributed by atoms with E-state index >= 15 is 0 Å². The van der Waals surface area contributed by atoms with Crippen molar-refractivity contribution in [1.29, 1.82) is 0 Å². The van der Waals surface area contributed by atoms with Crippen LogP contribution in [0, 0.1) is 13.8 Å². The van der Waals surface area contributed by atoms with Crippen LogP contribution >= 0.6 is 11.3 Å². The highest BCUT2D eigenvalue weighted by Crippen LogP contribution is 2.31. The molecule has 0 fully saturated rings. The van der Waals surface area contributed by atoms with Crippen LogP contribution in [0.2, 0.25) is 0 Å². The Bertz CT molecular complexity index is 1270. The van der Waals surface area contributed by atoms with Crippen LogP contribution < -0.4 is 10.6 Å². The number of urea groups is 1. The minimum Gasteiger partial charge on any atom is -0.463 e. The number of nitrogens with zero attached hydrogens (tertiary/aromatic N) is 1. The van der Waals surface area contributed by atoms with Gasteiger partial charge in [-0.05, 0) is 50.4 Å². The van der Waals surface area contributed by atoms with Crippen LogP contribution in [-0.2, 0) is 14.3 Å². The lowest BCUT2D eigenvalue weighted by Gasteiger charge is -2.28. The third-order valence-electron chi connectivity index (χ3n) is 5.14. The summed E-state index contributed by atoms with van der Waals surface area (Å²) in [6, 6.07) is 9.78. The molecule has 9 heteroatoms. The summed E-state index contributed by atoms with van der Waals surface area (Å²) in [5.41, 5.74) is 3.12. The zero-order chi connectivity index (χ0) is 23.5. The summed E-state index contributed by atoms with van der Waals surface area (Å²) in [5.74, 6) is -1.16. The molecular weight excluding hydrogens is 442 g/mol. The zero-order valence-electron chi connectivity index (χ0n) is 18.4. The number of aromatic nitrogens is 1. The van der Waals surface area contributed by atoms with E-state index in [0.29, 0.717) is 22.2 Å². The molecule has 3 aromatic rings. The largest absolute Gasteiger partial charge is 0.463 e. The van der Waals surface area contributed by atoms with E-state index in [4.69, 9.17) is 9.47 Å². The van der Waals surface area contributed by atoms with Crippen molar-refractivity contribution in [3.63, 3.8) is 0 Å². The van der Waals surface area contributed by atoms with Gasteiger partial charge >= 0.3 is 18.0 Å². The fourth-order valence-corrected chi connectivity index (χ4v) is 4.49. The fraction of sp³-hybridized carbons (Fsp3) is 0.250. The third kappa shape index (κ3) is 4.73. The molecule has 0 aliphatic carbocycles. The molecule has 0 spiro atoms. The van der Waals surface area contributed by atoms with Crippen molar-refractivity contribution in [3.05, 3.63) is 74.7 Å². The van der Waals surface area contributed by atoms with Gasteiger partial charge in [0.1, 0.15) is 6.61 Å². The van der Waals surface area contributed by atoms with E-state index in [1.807, 2.05) is 42.6 Å². The Kier molecular flexibility index (Phi) is 6.41. The van der Waals surface area contributed by atoms with Gasteiger partial charge in [0, 0.05) is 16.0 Å². The van der Waals surface area contributed by atoms with Gasteiger partial charge in [-0.1, -0.05) is 17.7 Å². The van der Waals surface area contributed by atoms with Gasteiger partial charge in [-0.25, -0.2) is 14.4 Å². The maximum absolute atomic E-state index is 13.0. The maximum atomic E-state index is 13.0. The Morgan fingerprint density at radius 2 is 1.94 bits per heavy atom. The van der Waals surface area contributed by atoms with Crippen molar-refractivity contribution < 1.29 is 23.9 Å². The second-order valence-electron chi connectivity index (χ2n) is 7.57. The van der Waals surface area contributed by atoms with Gasteiger partial charge in [-0.2, -0.15) is 0 Å². The fourth-order valence-electron chi connectivity index (χ4n) is 3.71. The number of nitrogens with one attached hydrogen (secondary N) is 2. The molecule has 1 aromatic carbocycles. The molecular formula is C24H23N3O5S. The van der Waals surface area contributed by atoms with Crippen LogP contribution in [0.5, 0.6) is 0 Å². The van der Waals surface area contributed by atoms with Gasteiger partial charge in [0.05, 0.1) is 35.0 Å². The molecule has 0 radical (unpaired) electrons.